The van der Waals surface area contributed by atoms with Crippen LogP contribution in [0, 0.1) is 13.8 Å². The highest BCUT2D eigenvalue weighted by atomic mass is 16.5. The summed E-state index contributed by atoms with van der Waals surface area (Å²) >= 11 is 0. The molecule has 0 spiro atoms. The molecule has 2 heterocycles. The molecule has 0 radical (unpaired) electrons. The summed E-state index contributed by atoms with van der Waals surface area (Å²) in [5.41, 5.74) is 6.27. The fraction of sp³-hybridized carbons (Fsp3) is 0.435. The highest BCUT2D eigenvalue weighted by Gasteiger charge is 2.16. The molecule has 1 aromatic carbocycles. The Hall–Kier alpha value is -2.77. The van der Waals surface area contributed by atoms with Gasteiger partial charge in [0.15, 0.2) is 0 Å². The van der Waals surface area contributed by atoms with Gasteiger partial charge in [0.25, 0.3) is 0 Å². The molecule has 160 valence electrons. The SMILES string of the molecule is CCn1nc(C)c(CN(CCOC)Cc2ccc3cc(NC(C)=O)ccc3n2)c1C. The zero-order chi connectivity index (χ0) is 21.7. The van der Waals surface area contributed by atoms with Crippen molar-refractivity contribution in [3.05, 3.63) is 53.0 Å². The van der Waals surface area contributed by atoms with Gasteiger partial charge in [0.05, 0.1) is 23.5 Å². The third-order valence-electron chi connectivity index (χ3n) is 5.28. The number of benzene rings is 1. The molecular weight excluding hydrogens is 378 g/mol. The average molecular weight is 410 g/mol. The number of amides is 1. The first-order chi connectivity index (χ1) is 14.4. The van der Waals surface area contributed by atoms with Crippen molar-refractivity contribution >= 4 is 22.5 Å². The van der Waals surface area contributed by atoms with Crippen LogP contribution in [0.1, 0.15) is 36.5 Å². The Balaban J connectivity index is 1.81. The summed E-state index contributed by atoms with van der Waals surface area (Å²) in [5.74, 6) is -0.0790. The number of ether oxygens (including phenoxy) is 1. The van der Waals surface area contributed by atoms with Gasteiger partial charge in [0.1, 0.15) is 0 Å². The molecule has 7 nitrogen and oxygen atoms in total. The van der Waals surface area contributed by atoms with Gasteiger partial charge in [-0.2, -0.15) is 5.10 Å². The molecular formula is C23H31N5O2. The summed E-state index contributed by atoms with van der Waals surface area (Å²) in [4.78, 5) is 18.5. The number of methoxy groups -OCH3 is 1. The monoisotopic (exact) mass is 409 g/mol. The minimum atomic E-state index is -0.0790. The average Bonchev–Trinajstić information content (AvgIpc) is 2.99. The van der Waals surface area contributed by atoms with Crippen LogP contribution in [0.15, 0.2) is 30.3 Å². The summed E-state index contributed by atoms with van der Waals surface area (Å²) in [6.45, 7) is 11.7. The number of aromatic nitrogens is 3. The van der Waals surface area contributed by atoms with E-state index in [1.165, 1.54) is 18.2 Å². The lowest BCUT2D eigenvalue weighted by Gasteiger charge is -2.22. The fourth-order valence-corrected chi connectivity index (χ4v) is 3.69. The number of nitrogens with zero attached hydrogens (tertiary/aromatic N) is 4. The van der Waals surface area contributed by atoms with E-state index in [-0.39, 0.29) is 5.91 Å². The highest BCUT2D eigenvalue weighted by Crippen LogP contribution is 2.20. The molecule has 0 fully saturated rings. The zero-order valence-corrected chi connectivity index (χ0v) is 18.5. The van der Waals surface area contributed by atoms with E-state index < -0.39 is 0 Å². The lowest BCUT2D eigenvalue weighted by molar-refractivity contribution is -0.114. The summed E-state index contributed by atoms with van der Waals surface area (Å²) in [5, 5.41) is 8.47. The predicted octanol–water partition coefficient (Wildman–Crippen LogP) is 3.68. The standard InChI is InChI=1S/C23H31N5O2/c1-6-28-17(3)22(16(2)26-28)15-27(11-12-30-5)14-21-8-7-19-13-20(24-18(4)29)9-10-23(19)25-21/h7-10,13H,6,11-12,14-15H2,1-5H3,(H,24,29). The first-order valence-corrected chi connectivity index (χ1v) is 10.3. The van der Waals surface area contributed by atoms with E-state index in [0.717, 1.165) is 54.2 Å². The van der Waals surface area contributed by atoms with Crippen LogP contribution in [-0.2, 0) is 29.2 Å². The van der Waals surface area contributed by atoms with Gasteiger partial charge in [-0.15, -0.1) is 0 Å². The number of rotatable bonds is 9. The van der Waals surface area contributed by atoms with E-state index in [1.54, 1.807) is 7.11 Å². The Morgan fingerprint density at radius 2 is 2.00 bits per heavy atom. The molecule has 1 amide bonds. The van der Waals surface area contributed by atoms with Crippen LogP contribution in [0.25, 0.3) is 10.9 Å². The minimum absolute atomic E-state index is 0.0790. The number of hydrogen-bond acceptors (Lipinski definition) is 5. The van der Waals surface area contributed by atoms with Gasteiger partial charge < -0.3 is 10.1 Å². The zero-order valence-electron chi connectivity index (χ0n) is 18.5. The number of aryl methyl sites for hydroxylation is 2. The number of pyridine rings is 1. The van der Waals surface area contributed by atoms with Crippen molar-refractivity contribution in [2.45, 2.75) is 47.3 Å². The van der Waals surface area contributed by atoms with E-state index in [4.69, 9.17) is 9.72 Å². The first-order valence-electron chi connectivity index (χ1n) is 10.3. The molecule has 0 atom stereocenters. The smallest absolute Gasteiger partial charge is 0.221 e. The van der Waals surface area contributed by atoms with Crippen LogP contribution < -0.4 is 5.32 Å². The maximum atomic E-state index is 11.3. The second kappa shape index (κ2) is 9.82. The van der Waals surface area contributed by atoms with Crippen LogP contribution in [0.2, 0.25) is 0 Å². The third kappa shape index (κ3) is 5.23. The van der Waals surface area contributed by atoms with Crippen molar-refractivity contribution in [1.82, 2.24) is 19.7 Å². The van der Waals surface area contributed by atoms with Gasteiger partial charge in [-0.25, -0.2) is 0 Å². The van der Waals surface area contributed by atoms with Gasteiger partial charge in [-0.3, -0.25) is 19.4 Å². The van der Waals surface area contributed by atoms with E-state index in [9.17, 15) is 4.79 Å². The van der Waals surface area contributed by atoms with Crippen molar-refractivity contribution in [2.75, 3.05) is 25.6 Å². The van der Waals surface area contributed by atoms with Crippen LogP contribution in [0.3, 0.4) is 0 Å². The number of nitrogens with one attached hydrogen (secondary N) is 1. The van der Waals surface area contributed by atoms with Crippen LogP contribution >= 0.6 is 0 Å². The van der Waals surface area contributed by atoms with Crippen molar-refractivity contribution in [2.24, 2.45) is 0 Å². The number of fused-ring (bicyclic) bond motifs is 1. The predicted molar refractivity (Wildman–Crippen MR) is 119 cm³/mol. The molecule has 0 bridgehead atoms. The van der Waals surface area contributed by atoms with Crippen molar-refractivity contribution in [3.8, 4) is 0 Å². The molecule has 0 saturated heterocycles. The fourth-order valence-electron chi connectivity index (χ4n) is 3.69. The normalized spacial score (nSPS) is 11.4. The molecule has 0 aliphatic heterocycles. The number of hydrogen-bond donors (Lipinski definition) is 1. The highest BCUT2D eigenvalue weighted by molar-refractivity contribution is 5.92. The van der Waals surface area contributed by atoms with E-state index in [1.807, 2.05) is 18.2 Å². The van der Waals surface area contributed by atoms with Crippen molar-refractivity contribution in [1.29, 1.82) is 0 Å². The number of anilines is 1. The van der Waals surface area contributed by atoms with Gasteiger partial charge in [-0.05, 0) is 45.0 Å². The maximum absolute atomic E-state index is 11.3. The van der Waals surface area contributed by atoms with Gasteiger partial charge in [0, 0.05) is 62.5 Å². The number of carbonyl (C=O) groups is 1. The second-order valence-corrected chi connectivity index (χ2v) is 7.56. The second-order valence-electron chi connectivity index (χ2n) is 7.56. The summed E-state index contributed by atoms with van der Waals surface area (Å²) in [7, 11) is 1.73. The number of carbonyl (C=O) groups excluding carboxylic acids is 1. The van der Waals surface area contributed by atoms with E-state index >= 15 is 0 Å². The molecule has 0 saturated carbocycles. The molecule has 30 heavy (non-hydrogen) atoms. The topological polar surface area (TPSA) is 72.3 Å². The molecule has 3 aromatic rings. The van der Waals surface area contributed by atoms with Crippen molar-refractivity contribution in [3.63, 3.8) is 0 Å². The Morgan fingerprint density at radius 1 is 1.20 bits per heavy atom. The largest absolute Gasteiger partial charge is 0.383 e. The van der Waals surface area contributed by atoms with Crippen LogP contribution in [0.5, 0.6) is 0 Å². The molecule has 0 aliphatic carbocycles. The Labute approximate surface area is 178 Å². The lowest BCUT2D eigenvalue weighted by Crippen LogP contribution is -2.27. The van der Waals surface area contributed by atoms with Crippen LogP contribution in [-0.4, -0.2) is 45.8 Å². The Bertz CT molecular complexity index is 1030. The van der Waals surface area contributed by atoms with Gasteiger partial charge in [-0.1, -0.05) is 6.07 Å². The van der Waals surface area contributed by atoms with Gasteiger partial charge >= 0.3 is 0 Å². The molecule has 7 heteroatoms. The van der Waals surface area contributed by atoms with Crippen molar-refractivity contribution < 1.29 is 9.53 Å². The molecule has 0 aliphatic rings. The third-order valence-corrected chi connectivity index (χ3v) is 5.28. The van der Waals surface area contributed by atoms with E-state index in [2.05, 4.69) is 52.9 Å². The Kier molecular flexibility index (Phi) is 7.18. The summed E-state index contributed by atoms with van der Waals surface area (Å²) in [6.07, 6.45) is 0. The molecule has 1 N–H and O–H groups in total. The molecule has 2 aromatic heterocycles. The summed E-state index contributed by atoms with van der Waals surface area (Å²) < 4.78 is 7.39. The Morgan fingerprint density at radius 3 is 2.67 bits per heavy atom. The first kappa shape index (κ1) is 21.9. The summed E-state index contributed by atoms with van der Waals surface area (Å²) in [6, 6.07) is 9.89. The quantitative estimate of drug-likeness (QED) is 0.584. The molecule has 0 unspecified atom stereocenters. The maximum Gasteiger partial charge on any atom is 0.221 e. The lowest BCUT2D eigenvalue weighted by atomic mass is 10.1. The minimum Gasteiger partial charge on any atom is -0.383 e. The van der Waals surface area contributed by atoms with Crippen LogP contribution in [0.4, 0.5) is 5.69 Å². The van der Waals surface area contributed by atoms with Gasteiger partial charge in [0.2, 0.25) is 5.91 Å². The van der Waals surface area contributed by atoms with E-state index in [0.29, 0.717) is 6.61 Å². The molecule has 3 rings (SSSR count).